The van der Waals surface area contributed by atoms with E-state index >= 15 is 0 Å². The Labute approximate surface area is 198 Å². The molecule has 6 rings (SSSR count). The summed E-state index contributed by atoms with van der Waals surface area (Å²) >= 11 is 0. The number of aromatic hydroxyl groups is 1. The van der Waals surface area contributed by atoms with Crippen molar-refractivity contribution in [2.24, 2.45) is 5.41 Å². The second-order valence-corrected chi connectivity index (χ2v) is 10.1. The van der Waals surface area contributed by atoms with Gasteiger partial charge in [-0.05, 0) is 69.0 Å². The molecule has 2 saturated heterocycles. The number of carbonyl (C=O) groups excluding carboxylic acids is 3. The highest BCUT2D eigenvalue weighted by Crippen LogP contribution is 2.66. The highest BCUT2D eigenvalue weighted by molar-refractivity contribution is 6.36. The molecule has 3 fully saturated rings. The Morgan fingerprint density at radius 3 is 2.56 bits per heavy atom. The largest absolute Gasteiger partial charge is 0.506 e. The summed E-state index contributed by atoms with van der Waals surface area (Å²) in [5.41, 5.74) is 0.663. The van der Waals surface area contributed by atoms with Gasteiger partial charge in [0.25, 0.3) is 5.91 Å². The van der Waals surface area contributed by atoms with E-state index in [4.69, 9.17) is 4.74 Å². The van der Waals surface area contributed by atoms with Crippen LogP contribution >= 0.6 is 0 Å². The quantitative estimate of drug-likeness (QED) is 0.560. The van der Waals surface area contributed by atoms with Gasteiger partial charge in [0.05, 0.1) is 18.2 Å². The molecular formula is C27H28N2O5. The van der Waals surface area contributed by atoms with E-state index in [-0.39, 0.29) is 23.7 Å². The maximum Gasteiger partial charge on any atom is 0.374 e. The van der Waals surface area contributed by atoms with Crippen molar-refractivity contribution in [3.63, 3.8) is 0 Å². The molecular weight excluding hydrogens is 432 g/mol. The molecule has 0 radical (unpaired) electrons. The molecule has 0 bridgehead atoms. The van der Waals surface area contributed by atoms with Crippen molar-refractivity contribution < 1.29 is 24.2 Å². The van der Waals surface area contributed by atoms with Gasteiger partial charge in [-0.15, -0.1) is 0 Å². The number of hydrogen-bond donors (Lipinski definition) is 1. The summed E-state index contributed by atoms with van der Waals surface area (Å²) in [6.07, 6.45) is 3.35. The minimum Gasteiger partial charge on any atom is -0.506 e. The molecule has 1 N–H and O–H groups in total. The second kappa shape index (κ2) is 7.40. The molecule has 0 aromatic heterocycles. The van der Waals surface area contributed by atoms with Gasteiger partial charge in [-0.25, -0.2) is 4.79 Å². The summed E-state index contributed by atoms with van der Waals surface area (Å²) in [5.74, 6) is -1.30. The van der Waals surface area contributed by atoms with Gasteiger partial charge in [0.1, 0.15) is 5.75 Å². The van der Waals surface area contributed by atoms with Gasteiger partial charge in [0.15, 0.2) is 0 Å². The molecule has 0 unspecified atom stereocenters. The molecule has 4 atom stereocenters. The molecule has 2 aromatic carbocycles. The summed E-state index contributed by atoms with van der Waals surface area (Å²) in [5, 5.41) is 11.0. The standard InChI is InChI=1S/C27H28N2O5/c1-34-24(33)22(31)26-12-6-15-28-16-14-27(25(26)28)18-9-5-10-19(30)21(18)29(20(27)11-13-26)23(32)17-7-3-2-4-8-17/h2-5,7-10,20,25,30H,6,11-16H2,1H3/t20-,25-,26-,27-/m1/s1. The summed E-state index contributed by atoms with van der Waals surface area (Å²) in [4.78, 5) is 44.1. The molecule has 7 nitrogen and oxygen atoms in total. The number of phenols is 1. The van der Waals surface area contributed by atoms with E-state index in [0.717, 1.165) is 31.5 Å². The summed E-state index contributed by atoms with van der Waals surface area (Å²) in [6.45, 7) is 1.65. The number of ether oxygens (including phenoxy) is 1. The monoisotopic (exact) mass is 460 g/mol. The van der Waals surface area contributed by atoms with Crippen LogP contribution in [0.3, 0.4) is 0 Å². The normalized spacial score (nSPS) is 31.4. The summed E-state index contributed by atoms with van der Waals surface area (Å²) < 4.78 is 4.90. The highest BCUT2D eigenvalue weighted by atomic mass is 16.5. The van der Waals surface area contributed by atoms with Crippen LogP contribution in [0.5, 0.6) is 5.75 Å². The number of methoxy groups -OCH3 is 1. The van der Waals surface area contributed by atoms with Crippen LogP contribution in [0.15, 0.2) is 48.5 Å². The van der Waals surface area contributed by atoms with Gasteiger partial charge < -0.3 is 14.7 Å². The number of para-hydroxylation sites is 1. The van der Waals surface area contributed by atoms with Crippen LogP contribution in [0.25, 0.3) is 0 Å². The maximum atomic E-state index is 13.9. The lowest BCUT2D eigenvalue weighted by molar-refractivity contribution is -0.163. The fourth-order valence-electron chi connectivity index (χ4n) is 7.75. The third-order valence-electron chi connectivity index (χ3n) is 8.85. The van der Waals surface area contributed by atoms with Crippen LogP contribution in [0.4, 0.5) is 5.69 Å². The zero-order valence-electron chi connectivity index (χ0n) is 19.2. The van der Waals surface area contributed by atoms with Crippen molar-refractivity contribution in [2.75, 3.05) is 25.1 Å². The fourth-order valence-corrected chi connectivity index (χ4v) is 7.75. The number of fused-ring (bicyclic) bond motifs is 1. The van der Waals surface area contributed by atoms with Crippen LogP contribution < -0.4 is 4.90 Å². The zero-order valence-corrected chi connectivity index (χ0v) is 19.2. The minimum absolute atomic E-state index is 0.0738. The molecule has 2 aromatic rings. The molecule has 1 amide bonds. The number of Topliss-reactive ketones (excluding diaryl/α,β-unsaturated/α-hetero) is 1. The van der Waals surface area contributed by atoms with Crippen LogP contribution in [-0.4, -0.2) is 59.9 Å². The number of carbonyl (C=O) groups is 3. The first kappa shape index (κ1) is 21.4. The number of rotatable bonds is 3. The van der Waals surface area contributed by atoms with E-state index in [1.165, 1.54) is 7.11 Å². The molecule has 1 aliphatic carbocycles. The Hall–Kier alpha value is -3.19. The third kappa shape index (κ3) is 2.53. The predicted molar refractivity (Wildman–Crippen MR) is 125 cm³/mol. The molecule has 176 valence electrons. The highest BCUT2D eigenvalue weighted by Gasteiger charge is 2.71. The van der Waals surface area contributed by atoms with Crippen LogP contribution in [-0.2, 0) is 19.7 Å². The van der Waals surface area contributed by atoms with E-state index in [0.29, 0.717) is 30.5 Å². The molecule has 7 heteroatoms. The number of benzene rings is 2. The smallest absolute Gasteiger partial charge is 0.374 e. The number of esters is 1. The Balaban J connectivity index is 1.56. The van der Waals surface area contributed by atoms with Crippen LogP contribution in [0.2, 0.25) is 0 Å². The number of piperidine rings is 1. The average Bonchev–Trinajstić information content (AvgIpc) is 3.41. The molecule has 3 aliphatic heterocycles. The Kier molecular flexibility index (Phi) is 4.65. The Morgan fingerprint density at radius 1 is 1.00 bits per heavy atom. The molecule has 3 heterocycles. The van der Waals surface area contributed by atoms with Crippen molar-refractivity contribution >= 4 is 23.3 Å². The minimum atomic E-state index is -0.840. The van der Waals surface area contributed by atoms with Crippen molar-refractivity contribution in [1.82, 2.24) is 4.90 Å². The summed E-state index contributed by atoms with van der Waals surface area (Å²) in [7, 11) is 1.26. The molecule has 1 spiro atoms. The van der Waals surface area contributed by atoms with Gasteiger partial charge >= 0.3 is 5.97 Å². The van der Waals surface area contributed by atoms with Crippen molar-refractivity contribution in [2.45, 2.75) is 49.6 Å². The lowest BCUT2D eigenvalue weighted by atomic mass is 9.51. The van der Waals surface area contributed by atoms with Crippen molar-refractivity contribution in [3.05, 3.63) is 59.7 Å². The topological polar surface area (TPSA) is 87.2 Å². The third-order valence-corrected chi connectivity index (χ3v) is 8.85. The van der Waals surface area contributed by atoms with Gasteiger partial charge in [-0.2, -0.15) is 0 Å². The van der Waals surface area contributed by atoms with Gasteiger partial charge in [0.2, 0.25) is 5.78 Å². The predicted octanol–water partition coefficient (Wildman–Crippen LogP) is 3.05. The number of amides is 1. The second-order valence-electron chi connectivity index (χ2n) is 10.1. The van der Waals surface area contributed by atoms with E-state index < -0.39 is 22.6 Å². The van der Waals surface area contributed by atoms with Gasteiger partial charge in [0, 0.05) is 23.1 Å². The number of hydrogen-bond acceptors (Lipinski definition) is 6. The number of phenolic OH excluding ortho intramolecular Hbond substituents is 1. The zero-order chi connectivity index (χ0) is 23.7. The number of ketones is 1. The first-order valence-corrected chi connectivity index (χ1v) is 12.0. The lowest BCUT2D eigenvalue weighted by Gasteiger charge is -2.57. The maximum absolute atomic E-state index is 13.9. The molecule has 34 heavy (non-hydrogen) atoms. The lowest BCUT2D eigenvalue weighted by Crippen LogP contribution is -2.68. The van der Waals surface area contributed by atoms with E-state index in [1.54, 1.807) is 23.1 Å². The van der Waals surface area contributed by atoms with E-state index in [9.17, 15) is 19.5 Å². The van der Waals surface area contributed by atoms with E-state index in [2.05, 4.69) is 4.90 Å². The first-order chi connectivity index (χ1) is 16.5. The van der Waals surface area contributed by atoms with Crippen LogP contribution in [0.1, 0.15) is 48.0 Å². The number of nitrogens with zero attached hydrogens (tertiary/aromatic N) is 2. The first-order valence-electron chi connectivity index (χ1n) is 12.0. The van der Waals surface area contributed by atoms with Crippen molar-refractivity contribution in [3.8, 4) is 5.75 Å². The molecule has 1 saturated carbocycles. The summed E-state index contributed by atoms with van der Waals surface area (Å²) in [6, 6.07) is 14.2. The molecule has 4 aliphatic rings. The van der Waals surface area contributed by atoms with Crippen LogP contribution in [0, 0.1) is 5.41 Å². The number of anilines is 1. The fraction of sp³-hybridized carbons (Fsp3) is 0.444. The SMILES string of the molecule is COC(=O)C(=O)[C@@]12CCCN3CC[C@]4(c5cccc(O)c5N(C(=O)c5ccccc5)[C@@H]4CC1)[C@H]32. The Bertz CT molecular complexity index is 1200. The van der Waals surface area contributed by atoms with Crippen molar-refractivity contribution in [1.29, 1.82) is 0 Å². The van der Waals surface area contributed by atoms with E-state index in [1.807, 2.05) is 30.3 Å². The van der Waals surface area contributed by atoms with Gasteiger partial charge in [-0.3, -0.25) is 14.5 Å². The average molecular weight is 461 g/mol. The Morgan fingerprint density at radius 2 is 1.79 bits per heavy atom. The van der Waals surface area contributed by atoms with Gasteiger partial charge in [-0.1, -0.05) is 30.3 Å².